The van der Waals surface area contributed by atoms with E-state index in [0.29, 0.717) is 0 Å². The number of carboxylic acids is 1. The normalized spacial score (nSPS) is 16.4. The van der Waals surface area contributed by atoms with Gasteiger partial charge < -0.3 is 10.0 Å². The van der Waals surface area contributed by atoms with Crippen LogP contribution in [0.15, 0.2) is 0 Å². The van der Waals surface area contributed by atoms with Crippen molar-refractivity contribution in [2.75, 3.05) is 13.6 Å². The third kappa shape index (κ3) is 1.63. The Kier molecular flexibility index (Phi) is 2.48. The molecule has 0 amide bonds. The van der Waals surface area contributed by atoms with Crippen molar-refractivity contribution in [3.8, 4) is 0 Å². The van der Waals surface area contributed by atoms with Gasteiger partial charge in [-0.05, 0) is 20.4 Å². The van der Waals surface area contributed by atoms with Crippen LogP contribution >= 0.6 is 0 Å². The van der Waals surface area contributed by atoms with E-state index in [2.05, 4.69) is 10.00 Å². The third-order valence-corrected chi connectivity index (χ3v) is 2.83. The average molecular weight is 209 g/mol. The fraction of sp³-hybridized carbons (Fsp3) is 0.600. The Morgan fingerprint density at radius 1 is 1.60 bits per heavy atom. The number of carboxylic acid groups (broad SMARTS) is 1. The van der Waals surface area contributed by atoms with Crippen LogP contribution in [0.4, 0.5) is 0 Å². The minimum absolute atomic E-state index is 0.236. The van der Waals surface area contributed by atoms with Crippen molar-refractivity contribution in [2.24, 2.45) is 0 Å². The monoisotopic (exact) mass is 209 g/mol. The lowest BCUT2D eigenvalue weighted by molar-refractivity contribution is 0.0688. The van der Waals surface area contributed by atoms with Crippen molar-refractivity contribution in [1.82, 2.24) is 14.7 Å². The number of aryl methyl sites for hydroxylation is 1. The van der Waals surface area contributed by atoms with Gasteiger partial charge in [-0.25, -0.2) is 4.79 Å². The molecule has 5 nitrogen and oxygen atoms in total. The zero-order chi connectivity index (χ0) is 11.0. The minimum atomic E-state index is -0.914. The van der Waals surface area contributed by atoms with Crippen molar-refractivity contribution in [2.45, 2.75) is 26.4 Å². The third-order valence-electron chi connectivity index (χ3n) is 2.83. The van der Waals surface area contributed by atoms with Gasteiger partial charge in [-0.2, -0.15) is 5.10 Å². The van der Waals surface area contributed by atoms with Crippen LogP contribution in [0.5, 0.6) is 0 Å². The highest BCUT2D eigenvalue weighted by atomic mass is 16.4. The zero-order valence-electron chi connectivity index (χ0n) is 9.03. The lowest BCUT2D eigenvalue weighted by Gasteiger charge is -2.23. The highest BCUT2D eigenvalue weighted by molar-refractivity contribution is 5.87. The van der Waals surface area contributed by atoms with E-state index >= 15 is 0 Å². The largest absolute Gasteiger partial charge is 0.476 e. The summed E-state index contributed by atoms with van der Waals surface area (Å²) in [5, 5.41) is 13.2. The molecule has 0 saturated carbocycles. The SMILES string of the molecule is CCn1nc(C(=O)O)c2c1CN(C)CC2. The maximum absolute atomic E-state index is 11.0. The van der Waals surface area contributed by atoms with Crippen LogP contribution in [0.25, 0.3) is 0 Å². The molecule has 0 spiro atoms. The molecule has 0 radical (unpaired) electrons. The Hall–Kier alpha value is -1.36. The van der Waals surface area contributed by atoms with Crippen molar-refractivity contribution >= 4 is 5.97 Å². The fourth-order valence-electron chi connectivity index (χ4n) is 2.04. The van der Waals surface area contributed by atoms with Crippen LogP contribution in [-0.2, 0) is 19.5 Å². The molecule has 0 aromatic carbocycles. The number of nitrogens with zero attached hydrogens (tertiary/aromatic N) is 3. The molecule has 82 valence electrons. The van der Waals surface area contributed by atoms with E-state index in [4.69, 9.17) is 5.11 Å². The van der Waals surface area contributed by atoms with E-state index in [-0.39, 0.29) is 5.69 Å². The number of carbonyl (C=O) groups is 1. The Bertz CT molecular complexity index is 398. The van der Waals surface area contributed by atoms with Crippen molar-refractivity contribution < 1.29 is 9.90 Å². The van der Waals surface area contributed by atoms with E-state index in [0.717, 1.165) is 37.3 Å². The van der Waals surface area contributed by atoms with Gasteiger partial charge in [0, 0.05) is 25.2 Å². The van der Waals surface area contributed by atoms with Gasteiger partial charge >= 0.3 is 5.97 Å². The molecule has 5 heteroatoms. The van der Waals surface area contributed by atoms with Crippen LogP contribution in [-0.4, -0.2) is 39.3 Å². The molecule has 1 aliphatic rings. The van der Waals surface area contributed by atoms with Crippen molar-refractivity contribution in [3.05, 3.63) is 17.0 Å². The first-order valence-electron chi connectivity index (χ1n) is 5.14. The molecule has 0 fully saturated rings. The topological polar surface area (TPSA) is 58.4 Å². The van der Waals surface area contributed by atoms with Crippen LogP contribution in [0.2, 0.25) is 0 Å². The maximum Gasteiger partial charge on any atom is 0.356 e. The first-order valence-corrected chi connectivity index (χ1v) is 5.14. The number of aromatic carboxylic acids is 1. The minimum Gasteiger partial charge on any atom is -0.476 e. The Balaban J connectivity index is 2.49. The summed E-state index contributed by atoms with van der Waals surface area (Å²) in [5.41, 5.74) is 2.21. The van der Waals surface area contributed by atoms with Gasteiger partial charge in [0.25, 0.3) is 0 Å². The molecule has 2 rings (SSSR count). The Morgan fingerprint density at radius 2 is 2.33 bits per heavy atom. The summed E-state index contributed by atoms with van der Waals surface area (Å²) in [6, 6.07) is 0. The number of hydrogen-bond donors (Lipinski definition) is 1. The molecule has 2 heterocycles. The van der Waals surface area contributed by atoms with E-state index < -0.39 is 5.97 Å². The standard InChI is InChI=1S/C10H15N3O2/c1-3-13-8-6-12(2)5-4-7(8)9(11-13)10(14)15/h3-6H2,1-2H3,(H,14,15). The predicted molar refractivity (Wildman–Crippen MR) is 54.9 cm³/mol. The van der Waals surface area contributed by atoms with Gasteiger partial charge in [-0.1, -0.05) is 0 Å². The average Bonchev–Trinajstić information content (AvgIpc) is 2.55. The molecule has 1 aromatic heterocycles. The fourth-order valence-corrected chi connectivity index (χ4v) is 2.04. The van der Waals surface area contributed by atoms with E-state index in [1.807, 2.05) is 14.0 Å². The summed E-state index contributed by atoms with van der Waals surface area (Å²) in [7, 11) is 2.04. The lowest BCUT2D eigenvalue weighted by atomic mass is 10.0. The highest BCUT2D eigenvalue weighted by Gasteiger charge is 2.25. The van der Waals surface area contributed by atoms with Crippen molar-refractivity contribution in [3.63, 3.8) is 0 Å². The quantitative estimate of drug-likeness (QED) is 0.774. The predicted octanol–water partition coefficient (Wildman–Crippen LogP) is 0.589. The van der Waals surface area contributed by atoms with Crippen LogP contribution < -0.4 is 0 Å². The molecular weight excluding hydrogens is 194 g/mol. The molecule has 0 aliphatic carbocycles. The van der Waals surface area contributed by atoms with E-state index in [1.54, 1.807) is 4.68 Å². The second-order valence-corrected chi connectivity index (χ2v) is 3.88. The number of hydrogen-bond acceptors (Lipinski definition) is 3. The summed E-state index contributed by atoms with van der Waals surface area (Å²) >= 11 is 0. The number of rotatable bonds is 2. The Labute approximate surface area is 88.3 Å². The molecule has 15 heavy (non-hydrogen) atoms. The second-order valence-electron chi connectivity index (χ2n) is 3.88. The summed E-state index contributed by atoms with van der Waals surface area (Å²) < 4.78 is 1.80. The van der Waals surface area contributed by atoms with Crippen LogP contribution in [0.1, 0.15) is 28.7 Å². The van der Waals surface area contributed by atoms with E-state index in [9.17, 15) is 4.79 Å². The molecule has 1 aliphatic heterocycles. The lowest BCUT2D eigenvalue weighted by Crippen LogP contribution is -2.28. The first kappa shape index (κ1) is 10.2. The van der Waals surface area contributed by atoms with Crippen LogP contribution in [0.3, 0.4) is 0 Å². The Morgan fingerprint density at radius 3 is 2.93 bits per heavy atom. The molecule has 0 bridgehead atoms. The molecule has 1 N–H and O–H groups in total. The first-order chi connectivity index (χ1) is 7.13. The van der Waals surface area contributed by atoms with E-state index in [1.165, 1.54) is 0 Å². The van der Waals surface area contributed by atoms with Gasteiger partial charge in [0.05, 0.1) is 5.69 Å². The summed E-state index contributed by atoms with van der Waals surface area (Å²) in [5.74, 6) is -0.914. The summed E-state index contributed by atoms with van der Waals surface area (Å²) in [4.78, 5) is 13.2. The summed E-state index contributed by atoms with van der Waals surface area (Å²) in [6.45, 7) is 4.41. The molecule has 0 unspecified atom stereocenters. The van der Waals surface area contributed by atoms with Crippen LogP contribution in [0, 0.1) is 0 Å². The van der Waals surface area contributed by atoms with Gasteiger partial charge in [0.1, 0.15) is 0 Å². The molecule has 0 saturated heterocycles. The smallest absolute Gasteiger partial charge is 0.356 e. The number of fused-ring (bicyclic) bond motifs is 1. The highest BCUT2D eigenvalue weighted by Crippen LogP contribution is 2.21. The number of aromatic nitrogens is 2. The van der Waals surface area contributed by atoms with Gasteiger partial charge in [-0.15, -0.1) is 0 Å². The van der Waals surface area contributed by atoms with Crippen molar-refractivity contribution in [1.29, 1.82) is 0 Å². The second kappa shape index (κ2) is 3.66. The molecular formula is C10H15N3O2. The van der Waals surface area contributed by atoms with Gasteiger partial charge in [0.2, 0.25) is 0 Å². The number of likely N-dealkylation sites (N-methyl/N-ethyl adjacent to an activating group) is 1. The molecule has 1 aromatic rings. The zero-order valence-corrected chi connectivity index (χ0v) is 9.03. The maximum atomic E-state index is 11.0. The molecule has 0 atom stereocenters. The summed E-state index contributed by atoms with van der Waals surface area (Å²) in [6.07, 6.45) is 0.785. The van der Waals surface area contributed by atoms with Gasteiger partial charge in [0.15, 0.2) is 5.69 Å². The van der Waals surface area contributed by atoms with Gasteiger partial charge in [-0.3, -0.25) is 4.68 Å².